The number of pyridine rings is 1. The summed E-state index contributed by atoms with van der Waals surface area (Å²) in [7, 11) is 0. The summed E-state index contributed by atoms with van der Waals surface area (Å²) < 4.78 is 0.980. The molecule has 0 unspecified atom stereocenters. The number of hydrogen-bond donors (Lipinski definition) is 2. The summed E-state index contributed by atoms with van der Waals surface area (Å²) in [6.45, 7) is 1.90. The van der Waals surface area contributed by atoms with Gasteiger partial charge in [-0.25, -0.2) is 4.98 Å². The summed E-state index contributed by atoms with van der Waals surface area (Å²) in [6, 6.07) is 9.67. The van der Waals surface area contributed by atoms with Crippen LogP contribution in [0.4, 0.5) is 0 Å². The van der Waals surface area contributed by atoms with Gasteiger partial charge in [0, 0.05) is 15.6 Å². The minimum atomic E-state index is 0.0696. The first-order valence-corrected chi connectivity index (χ1v) is 7.10. The molecule has 0 atom stereocenters. The van der Waals surface area contributed by atoms with Crippen molar-refractivity contribution in [1.29, 1.82) is 0 Å². The highest BCUT2D eigenvalue weighted by Crippen LogP contribution is 2.34. The third-order valence-electron chi connectivity index (χ3n) is 2.53. The van der Waals surface area contributed by atoms with Crippen LogP contribution in [0.2, 0.25) is 0 Å². The largest absolute Gasteiger partial charge is 0.409 e. The first kappa shape index (κ1) is 13.9. The van der Waals surface area contributed by atoms with Crippen LogP contribution in [0.25, 0.3) is 0 Å². The van der Waals surface area contributed by atoms with Gasteiger partial charge in [-0.3, -0.25) is 0 Å². The number of hydrogen-bond acceptors (Lipinski definition) is 4. The second-order valence-corrected chi connectivity index (χ2v) is 5.71. The van der Waals surface area contributed by atoms with Crippen LogP contribution in [0.1, 0.15) is 11.1 Å². The fourth-order valence-electron chi connectivity index (χ4n) is 1.60. The summed E-state index contributed by atoms with van der Waals surface area (Å²) in [5.74, 6) is 0.0696. The van der Waals surface area contributed by atoms with Crippen molar-refractivity contribution in [3.05, 3.63) is 52.1 Å². The summed E-state index contributed by atoms with van der Waals surface area (Å²) in [5, 5.41) is 12.7. The molecule has 3 N–H and O–H groups in total. The molecule has 2 aromatic rings. The lowest BCUT2D eigenvalue weighted by atomic mass is 10.1. The lowest BCUT2D eigenvalue weighted by Crippen LogP contribution is -2.16. The van der Waals surface area contributed by atoms with Crippen molar-refractivity contribution in [3.63, 3.8) is 0 Å². The van der Waals surface area contributed by atoms with E-state index in [1.807, 2.05) is 37.3 Å². The quantitative estimate of drug-likeness (QED) is 0.389. The van der Waals surface area contributed by atoms with Crippen LogP contribution in [0.3, 0.4) is 0 Å². The van der Waals surface area contributed by atoms with Crippen molar-refractivity contribution in [2.45, 2.75) is 16.8 Å². The Morgan fingerprint density at radius 1 is 1.37 bits per heavy atom. The van der Waals surface area contributed by atoms with Crippen LogP contribution in [-0.2, 0) is 0 Å². The second kappa shape index (κ2) is 6.08. The van der Waals surface area contributed by atoms with Gasteiger partial charge in [0.2, 0.25) is 0 Å². The average Bonchev–Trinajstić information content (AvgIpc) is 2.41. The molecular weight excluding hydrogens is 326 g/mol. The number of rotatable bonds is 3. The number of halogens is 1. The standard InChI is InChI=1S/C13H12BrN3OS/c1-8-6-7-16-13(11(8)12(15)17-18)19-10-5-3-2-4-9(10)14/h2-7,18H,1H3,(H2,15,17). The second-order valence-electron chi connectivity index (χ2n) is 3.83. The Morgan fingerprint density at radius 2 is 2.11 bits per heavy atom. The maximum absolute atomic E-state index is 8.87. The van der Waals surface area contributed by atoms with Gasteiger partial charge in [0.25, 0.3) is 0 Å². The Kier molecular flexibility index (Phi) is 4.44. The monoisotopic (exact) mass is 337 g/mol. The van der Waals surface area contributed by atoms with Crippen molar-refractivity contribution in [3.8, 4) is 0 Å². The molecule has 0 radical (unpaired) electrons. The summed E-state index contributed by atoms with van der Waals surface area (Å²) in [4.78, 5) is 5.34. The van der Waals surface area contributed by atoms with Gasteiger partial charge in [-0.15, -0.1) is 0 Å². The van der Waals surface area contributed by atoms with Crippen LogP contribution in [0.5, 0.6) is 0 Å². The molecule has 1 aromatic heterocycles. The van der Waals surface area contributed by atoms with E-state index in [-0.39, 0.29) is 5.84 Å². The molecule has 0 amide bonds. The van der Waals surface area contributed by atoms with Gasteiger partial charge < -0.3 is 10.9 Å². The first-order chi connectivity index (χ1) is 9.13. The van der Waals surface area contributed by atoms with E-state index < -0.39 is 0 Å². The van der Waals surface area contributed by atoms with Gasteiger partial charge in [0.05, 0.1) is 5.56 Å². The third-order valence-corrected chi connectivity index (χ3v) is 4.56. The predicted molar refractivity (Wildman–Crippen MR) is 79.7 cm³/mol. The molecule has 2 rings (SSSR count). The summed E-state index contributed by atoms with van der Waals surface area (Å²) >= 11 is 4.96. The average molecular weight is 338 g/mol. The zero-order chi connectivity index (χ0) is 13.8. The van der Waals surface area contributed by atoms with E-state index in [1.165, 1.54) is 11.8 Å². The summed E-state index contributed by atoms with van der Waals surface area (Å²) in [5.41, 5.74) is 7.30. The molecule has 0 bridgehead atoms. The Morgan fingerprint density at radius 3 is 2.79 bits per heavy atom. The van der Waals surface area contributed by atoms with Crippen LogP contribution >= 0.6 is 27.7 Å². The molecule has 19 heavy (non-hydrogen) atoms. The minimum Gasteiger partial charge on any atom is -0.409 e. The van der Waals surface area contributed by atoms with Gasteiger partial charge in [0.15, 0.2) is 5.84 Å². The molecule has 1 aromatic carbocycles. The Bertz CT molecular complexity index is 631. The molecule has 1 heterocycles. The highest BCUT2D eigenvalue weighted by atomic mass is 79.9. The topological polar surface area (TPSA) is 71.5 Å². The molecular formula is C13H12BrN3OS. The van der Waals surface area contributed by atoms with Gasteiger partial charge in [-0.05, 0) is 46.6 Å². The Labute approximate surface area is 123 Å². The van der Waals surface area contributed by atoms with Crippen molar-refractivity contribution in [1.82, 2.24) is 4.98 Å². The number of amidine groups is 1. The number of aromatic nitrogens is 1. The third kappa shape index (κ3) is 3.08. The first-order valence-electron chi connectivity index (χ1n) is 5.49. The predicted octanol–water partition coefficient (Wildman–Crippen LogP) is 3.40. The van der Waals surface area contributed by atoms with Gasteiger partial charge in [-0.1, -0.05) is 29.1 Å². The summed E-state index contributed by atoms with van der Waals surface area (Å²) in [6.07, 6.45) is 1.71. The molecule has 0 aliphatic heterocycles. The van der Waals surface area contributed by atoms with Crippen molar-refractivity contribution in [2.24, 2.45) is 10.9 Å². The molecule has 0 aliphatic carbocycles. The van der Waals surface area contributed by atoms with Crippen LogP contribution in [-0.4, -0.2) is 16.0 Å². The molecule has 4 nitrogen and oxygen atoms in total. The number of aryl methyl sites for hydroxylation is 1. The van der Waals surface area contributed by atoms with E-state index in [4.69, 9.17) is 10.9 Å². The van der Waals surface area contributed by atoms with Gasteiger partial charge >= 0.3 is 0 Å². The van der Waals surface area contributed by atoms with Gasteiger partial charge in [-0.2, -0.15) is 0 Å². The number of nitrogens with zero attached hydrogens (tertiary/aromatic N) is 2. The molecule has 98 valence electrons. The molecule has 6 heteroatoms. The molecule has 0 spiro atoms. The van der Waals surface area contributed by atoms with Gasteiger partial charge in [0.1, 0.15) is 5.03 Å². The Hall–Kier alpha value is -1.53. The molecule has 0 fully saturated rings. The van der Waals surface area contributed by atoms with E-state index in [2.05, 4.69) is 26.1 Å². The highest BCUT2D eigenvalue weighted by Gasteiger charge is 2.14. The van der Waals surface area contributed by atoms with Crippen LogP contribution in [0.15, 0.2) is 56.1 Å². The van der Waals surface area contributed by atoms with E-state index in [9.17, 15) is 0 Å². The van der Waals surface area contributed by atoms with Crippen LogP contribution in [0, 0.1) is 6.92 Å². The van der Waals surface area contributed by atoms with Crippen molar-refractivity contribution >= 4 is 33.5 Å². The SMILES string of the molecule is Cc1ccnc(Sc2ccccc2Br)c1/C(N)=N/O. The van der Waals surface area contributed by atoms with E-state index in [0.717, 1.165) is 14.9 Å². The molecule has 0 saturated heterocycles. The van der Waals surface area contributed by atoms with E-state index in [1.54, 1.807) is 6.20 Å². The number of benzene rings is 1. The number of oxime groups is 1. The van der Waals surface area contributed by atoms with Crippen molar-refractivity contribution in [2.75, 3.05) is 0 Å². The maximum Gasteiger partial charge on any atom is 0.173 e. The fourth-order valence-corrected chi connectivity index (χ4v) is 3.13. The molecule has 0 saturated carbocycles. The molecule has 0 aliphatic rings. The zero-order valence-corrected chi connectivity index (χ0v) is 12.6. The smallest absolute Gasteiger partial charge is 0.173 e. The zero-order valence-electron chi connectivity index (χ0n) is 10.2. The lowest BCUT2D eigenvalue weighted by molar-refractivity contribution is 0.318. The fraction of sp³-hybridized carbons (Fsp3) is 0.0769. The highest BCUT2D eigenvalue weighted by molar-refractivity contribution is 9.10. The minimum absolute atomic E-state index is 0.0696. The van der Waals surface area contributed by atoms with E-state index in [0.29, 0.717) is 10.6 Å². The maximum atomic E-state index is 8.87. The van der Waals surface area contributed by atoms with Crippen molar-refractivity contribution < 1.29 is 5.21 Å². The Balaban J connectivity index is 2.47. The van der Waals surface area contributed by atoms with Crippen LogP contribution < -0.4 is 5.73 Å². The number of nitrogens with two attached hydrogens (primary N) is 1. The van der Waals surface area contributed by atoms with E-state index >= 15 is 0 Å². The normalized spacial score (nSPS) is 11.6. The lowest BCUT2D eigenvalue weighted by Gasteiger charge is -2.10.